The number of ether oxygens (including phenoxy) is 1. The van der Waals surface area contributed by atoms with Crippen molar-refractivity contribution in [3.8, 4) is 17.2 Å². The molecule has 126 valence electrons. The Bertz CT molecular complexity index is 811. The number of fused-ring (bicyclic) bond motifs is 3. The van der Waals surface area contributed by atoms with Gasteiger partial charge >= 0.3 is 12.1 Å². The molecule has 6 heteroatoms. The van der Waals surface area contributed by atoms with E-state index in [1.54, 1.807) is 6.07 Å². The third-order valence-corrected chi connectivity index (χ3v) is 4.23. The monoisotopic (exact) mass is 336 g/mol. The minimum absolute atomic E-state index is 0.0960. The molecule has 1 aliphatic carbocycles. The summed E-state index contributed by atoms with van der Waals surface area (Å²) in [6.45, 7) is 0.0960. The predicted octanol–water partition coefficient (Wildman–Crippen LogP) is 2.89. The van der Waals surface area contributed by atoms with Crippen molar-refractivity contribution >= 4 is 12.1 Å². The number of hydrogen-bond donors (Lipinski definition) is 2. The highest BCUT2D eigenvalue weighted by molar-refractivity contribution is 5.81. The fraction of sp³-hybridized carbons (Fsp3) is 0.211. The Kier molecular flexibility index (Phi) is 4.66. The van der Waals surface area contributed by atoms with Gasteiger partial charge in [0.25, 0.3) is 0 Å². The van der Waals surface area contributed by atoms with Crippen molar-refractivity contribution in [3.63, 3.8) is 0 Å². The van der Waals surface area contributed by atoms with Crippen LogP contribution in [-0.4, -0.2) is 29.8 Å². The van der Waals surface area contributed by atoms with Gasteiger partial charge in [-0.2, -0.15) is 5.26 Å². The molecule has 0 saturated carbocycles. The maximum atomic E-state index is 11.9. The van der Waals surface area contributed by atoms with Crippen molar-refractivity contribution < 1.29 is 19.4 Å². The average molecular weight is 336 g/mol. The molecule has 0 bridgehead atoms. The van der Waals surface area contributed by atoms with E-state index in [-0.39, 0.29) is 18.9 Å². The molecule has 1 aliphatic rings. The number of nitriles is 1. The molecule has 1 amide bonds. The maximum absolute atomic E-state index is 11.9. The lowest BCUT2D eigenvalue weighted by atomic mass is 9.98. The fourth-order valence-electron chi connectivity index (χ4n) is 3.07. The number of benzene rings is 2. The number of nitrogens with zero attached hydrogens (tertiary/aromatic N) is 1. The first-order chi connectivity index (χ1) is 12.1. The largest absolute Gasteiger partial charge is 0.480 e. The van der Waals surface area contributed by atoms with Crippen molar-refractivity contribution in [2.75, 3.05) is 6.61 Å². The Labute approximate surface area is 144 Å². The van der Waals surface area contributed by atoms with Crippen molar-refractivity contribution in [1.29, 1.82) is 5.26 Å². The summed E-state index contributed by atoms with van der Waals surface area (Å²) in [5, 5.41) is 19.8. The van der Waals surface area contributed by atoms with Gasteiger partial charge in [-0.1, -0.05) is 48.5 Å². The number of nitrogens with one attached hydrogen (secondary N) is 1. The van der Waals surface area contributed by atoms with Gasteiger partial charge in [0.15, 0.2) is 0 Å². The van der Waals surface area contributed by atoms with Crippen LogP contribution in [0.15, 0.2) is 48.5 Å². The molecule has 1 atom stereocenters. The van der Waals surface area contributed by atoms with Gasteiger partial charge < -0.3 is 15.2 Å². The Hall–Kier alpha value is -3.33. The first-order valence-electron chi connectivity index (χ1n) is 7.83. The zero-order valence-corrected chi connectivity index (χ0v) is 13.3. The third kappa shape index (κ3) is 3.31. The second-order valence-corrected chi connectivity index (χ2v) is 5.72. The minimum Gasteiger partial charge on any atom is -0.480 e. The molecule has 2 aromatic carbocycles. The highest BCUT2D eigenvalue weighted by Gasteiger charge is 2.29. The average Bonchev–Trinajstić information content (AvgIpc) is 2.93. The van der Waals surface area contributed by atoms with Gasteiger partial charge in [0, 0.05) is 5.92 Å². The summed E-state index contributed by atoms with van der Waals surface area (Å²) >= 11 is 0. The SMILES string of the molecule is N#CCC(NC(=O)OCC1c2ccccc2-c2ccccc21)C(=O)O. The quantitative estimate of drug-likeness (QED) is 0.874. The van der Waals surface area contributed by atoms with E-state index in [0.29, 0.717) is 0 Å². The molecule has 0 aliphatic heterocycles. The molecule has 0 heterocycles. The molecule has 0 spiro atoms. The van der Waals surface area contributed by atoms with E-state index in [0.717, 1.165) is 22.3 Å². The number of carbonyl (C=O) groups is 2. The molecule has 1 unspecified atom stereocenters. The van der Waals surface area contributed by atoms with Crippen LogP contribution in [-0.2, 0) is 9.53 Å². The normalized spacial score (nSPS) is 13.2. The molecule has 0 radical (unpaired) electrons. The molecule has 2 aromatic rings. The second-order valence-electron chi connectivity index (χ2n) is 5.72. The number of amides is 1. The van der Waals surface area contributed by atoms with Crippen molar-refractivity contribution in [2.24, 2.45) is 0 Å². The van der Waals surface area contributed by atoms with Crippen LogP contribution in [0.4, 0.5) is 4.79 Å². The minimum atomic E-state index is -1.28. The van der Waals surface area contributed by atoms with E-state index in [2.05, 4.69) is 5.32 Å². The molecule has 6 nitrogen and oxygen atoms in total. The highest BCUT2D eigenvalue weighted by atomic mass is 16.5. The number of alkyl carbamates (subject to hydrolysis) is 1. The van der Waals surface area contributed by atoms with E-state index >= 15 is 0 Å². The Morgan fingerprint density at radius 3 is 2.20 bits per heavy atom. The van der Waals surface area contributed by atoms with Gasteiger partial charge in [-0.25, -0.2) is 9.59 Å². The second kappa shape index (κ2) is 7.05. The van der Waals surface area contributed by atoms with Gasteiger partial charge in [-0.3, -0.25) is 0 Å². The number of aliphatic carboxylic acids is 1. The summed E-state index contributed by atoms with van der Waals surface area (Å²) in [4.78, 5) is 22.9. The van der Waals surface area contributed by atoms with Gasteiger partial charge in [0.2, 0.25) is 0 Å². The topological polar surface area (TPSA) is 99.4 Å². The number of hydrogen-bond acceptors (Lipinski definition) is 4. The molecule has 0 saturated heterocycles. The summed E-state index contributed by atoms with van der Waals surface area (Å²) in [5.74, 6) is -1.37. The number of carbonyl (C=O) groups excluding carboxylic acids is 1. The predicted molar refractivity (Wildman–Crippen MR) is 89.9 cm³/mol. The van der Waals surface area contributed by atoms with Gasteiger partial charge in [0.05, 0.1) is 12.5 Å². The molecule has 0 fully saturated rings. The molecule has 2 N–H and O–H groups in total. The zero-order valence-electron chi connectivity index (χ0n) is 13.3. The highest BCUT2D eigenvalue weighted by Crippen LogP contribution is 2.44. The van der Waals surface area contributed by atoms with Crippen molar-refractivity contribution in [3.05, 3.63) is 59.7 Å². The Morgan fingerprint density at radius 1 is 1.12 bits per heavy atom. The fourth-order valence-corrected chi connectivity index (χ4v) is 3.07. The maximum Gasteiger partial charge on any atom is 0.407 e. The lowest BCUT2D eigenvalue weighted by Crippen LogP contribution is -2.41. The zero-order chi connectivity index (χ0) is 17.8. The smallest absolute Gasteiger partial charge is 0.407 e. The third-order valence-electron chi connectivity index (χ3n) is 4.23. The van der Waals surface area contributed by atoms with Gasteiger partial charge in [-0.15, -0.1) is 0 Å². The van der Waals surface area contributed by atoms with Gasteiger partial charge in [0.1, 0.15) is 12.6 Å². The number of carboxylic acid groups (broad SMARTS) is 1. The summed E-state index contributed by atoms with van der Waals surface area (Å²) in [6, 6.07) is 16.3. The first-order valence-corrected chi connectivity index (χ1v) is 7.83. The number of rotatable bonds is 5. The summed E-state index contributed by atoms with van der Waals surface area (Å²) in [5.41, 5.74) is 4.37. The van der Waals surface area contributed by atoms with Crippen LogP contribution in [0, 0.1) is 11.3 Å². The van der Waals surface area contributed by atoms with Crippen LogP contribution in [0.2, 0.25) is 0 Å². The standard InChI is InChI=1S/C19H16N2O4/c20-10-9-17(18(22)23)21-19(24)25-11-16-14-7-3-1-5-12(14)13-6-2-4-8-15(13)16/h1-8,16-17H,9,11H2,(H,21,24)(H,22,23). The van der Waals surface area contributed by atoms with Crippen LogP contribution < -0.4 is 5.32 Å². The van der Waals surface area contributed by atoms with Gasteiger partial charge in [-0.05, 0) is 22.3 Å². The number of carboxylic acids is 1. The Morgan fingerprint density at radius 2 is 1.68 bits per heavy atom. The van der Waals surface area contributed by atoms with E-state index in [1.807, 2.05) is 48.5 Å². The summed E-state index contributed by atoms with van der Waals surface area (Å²) < 4.78 is 5.24. The van der Waals surface area contributed by atoms with Crippen LogP contribution in [0.1, 0.15) is 23.5 Å². The van der Waals surface area contributed by atoms with E-state index in [9.17, 15) is 9.59 Å². The lowest BCUT2D eigenvalue weighted by Gasteiger charge is -2.16. The molecular formula is C19H16N2O4. The summed E-state index contributed by atoms with van der Waals surface area (Å²) in [6.07, 6.45) is -1.16. The molecule has 3 rings (SSSR count). The van der Waals surface area contributed by atoms with Crippen LogP contribution in [0.25, 0.3) is 11.1 Å². The van der Waals surface area contributed by atoms with E-state index < -0.39 is 18.1 Å². The van der Waals surface area contributed by atoms with E-state index in [1.165, 1.54) is 0 Å². The van der Waals surface area contributed by atoms with Crippen molar-refractivity contribution in [2.45, 2.75) is 18.4 Å². The van der Waals surface area contributed by atoms with E-state index in [4.69, 9.17) is 15.1 Å². The van der Waals surface area contributed by atoms with Crippen LogP contribution in [0.3, 0.4) is 0 Å². The molecule has 25 heavy (non-hydrogen) atoms. The van der Waals surface area contributed by atoms with Crippen molar-refractivity contribution in [1.82, 2.24) is 5.32 Å². The molecule has 0 aromatic heterocycles. The lowest BCUT2D eigenvalue weighted by molar-refractivity contribution is -0.139. The van der Waals surface area contributed by atoms with Crippen LogP contribution >= 0.6 is 0 Å². The summed E-state index contributed by atoms with van der Waals surface area (Å²) in [7, 11) is 0. The first kappa shape index (κ1) is 16.5. The van der Waals surface area contributed by atoms with Crippen LogP contribution in [0.5, 0.6) is 0 Å². The Balaban J connectivity index is 1.72. The molecular weight excluding hydrogens is 320 g/mol.